The van der Waals surface area contributed by atoms with Crippen molar-refractivity contribution in [1.82, 2.24) is 4.90 Å². The summed E-state index contributed by atoms with van der Waals surface area (Å²) < 4.78 is 5.66. The summed E-state index contributed by atoms with van der Waals surface area (Å²) in [6, 6.07) is 8.68. The van der Waals surface area contributed by atoms with Gasteiger partial charge in [-0.15, -0.1) is 0 Å². The fraction of sp³-hybridized carbons (Fsp3) is 0.611. The normalized spacial score (nSPS) is 21.5. The van der Waals surface area contributed by atoms with Crippen LogP contribution < -0.4 is 0 Å². The number of aryl methyl sites for hydroxylation is 1. The van der Waals surface area contributed by atoms with Crippen LogP contribution in [0.5, 0.6) is 0 Å². The molecule has 2 aliphatic rings. The van der Waals surface area contributed by atoms with Crippen molar-refractivity contribution >= 4 is 5.91 Å². The lowest BCUT2D eigenvalue weighted by molar-refractivity contribution is -0.137. The minimum absolute atomic E-state index is 0.106. The van der Waals surface area contributed by atoms with Gasteiger partial charge >= 0.3 is 0 Å². The summed E-state index contributed by atoms with van der Waals surface area (Å²) in [7, 11) is 1.91. The summed E-state index contributed by atoms with van der Waals surface area (Å²) in [6.45, 7) is 0.979. The zero-order valence-electron chi connectivity index (χ0n) is 12.9. The van der Waals surface area contributed by atoms with Gasteiger partial charge in [-0.25, -0.2) is 0 Å². The summed E-state index contributed by atoms with van der Waals surface area (Å²) in [5, 5.41) is 0. The SMILES string of the molecule is CN(C(=O)COCC1CCCC1)C1CCc2ccccc21. The van der Waals surface area contributed by atoms with Crippen LogP contribution in [0.15, 0.2) is 24.3 Å². The molecule has 1 saturated carbocycles. The first-order valence-electron chi connectivity index (χ1n) is 8.17. The van der Waals surface area contributed by atoms with Crippen LogP contribution in [0.1, 0.15) is 49.3 Å². The van der Waals surface area contributed by atoms with Crippen LogP contribution in [0.2, 0.25) is 0 Å². The van der Waals surface area contributed by atoms with Crippen LogP contribution in [0.4, 0.5) is 0 Å². The van der Waals surface area contributed by atoms with Crippen molar-refractivity contribution in [1.29, 1.82) is 0 Å². The molecular weight excluding hydrogens is 262 g/mol. The van der Waals surface area contributed by atoms with Gasteiger partial charge in [0.05, 0.1) is 12.6 Å². The highest BCUT2D eigenvalue weighted by molar-refractivity contribution is 5.77. The van der Waals surface area contributed by atoms with E-state index in [-0.39, 0.29) is 18.6 Å². The Hall–Kier alpha value is -1.35. The van der Waals surface area contributed by atoms with E-state index in [1.165, 1.54) is 36.8 Å². The molecule has 3 rings (SSSR count). The van der Waals surface area contributed by atoms with E-state index >= 15 is 0 Å². The molecule has 2 aliphatic carbocycles. The molecule has 3 nitrogen and oxygen atoms in total. The Kier molecular flexibility index (Phi) is 4.59. The predicted molar refractivity (Wildman–Crippen MR) is 83.1 cm³/mol. The molecule has 1 aromatic rings. The van der Waals surface area contributed by atoms with Crippen molar-refractivity contribution in [3.63, 3.8) is 0 Å². The Morgan fingerprint density at radius 3 is 2.81 bits per heavy atom. The first-order valence-corrected chi connectivity index (χ1v) is 8.17. The van der Waals surface area contributed by atoms with Gasteiger partial charge < -0.3 is 9.64 Å². The van der Waals surface area contributed by atoms with Crippen LogP contribution in [-0.2, 0) is 16.0 Å². The van der Waals surface area contributed by atoms with Crippen molar-refractivity contribution in [2.45, 2.75) is 44.6 Å². The third-order valence-corrected chi connectivity index (χ3v) is 5.02. The maximum Gasteiger partial charge on any atom is 0.248 e. The van der Waals surface area contributed by atoms with Gasteiger partial charge in [-0.05, 0) is 42.7 Å². The molecule has 0 aliphatic heterocycles. The zero-order valence-corrected chi connectivity index (χ0v) is 12.9. The first kappa shape index (κ1) is 14.6. The second kappa shape index (κ2) is 6.61. The van der Waals surface area contributed by atoms with Crippen molar-refractivity contribution in [2.75, 3.05) is 20.3 Å². The third kappa shape index (κ3) is 3.29. The molecule has 1 atom stereocenters. The minimum atomic E-state index is 0.106. The second-order valence-corrected chi connectivity index (χ2v) is 6.42. The maximum atomic E-state index is 12.3. The third-order valence-electron chi connectivity index (χ3n) is 5.02. The molecule has 3 heteroatoms. The molecular formula is C18H25NO2. The number of carbonyl (C=O) groups is 1. The summed E-state index contributed by atoms with van der Waals surface area (Å²) in [6.07, 6.45) is 7.27. The molecule has 0 saturated heterocycles. The lowest BCUT2D eigenvalue weighted by Crippen LogP contribution is -2.33. The Morgan fingerprint density at radius 1 is 1.24 bits per heavy atom. The van der Waals surface area contributed by atoms with E-state index < -0.39 is 0 Å². The number of hydrogen-bond acceptors (Lipinski definition) is 2. The van der Waals surface area contributed by atoms with E-state index in [4.69, 9.17) is 4.74 Å². The van der Waals surface area contributed by atoms with E-state index in [0.29, 0.717) is 5.92 Å². The maximum absolute atomic E-state index is 12.3. The van der Waals surface area contributed by atoms with Gasteiger partial charge in [-0.1, -0.05) is 37.1 Å². The smallest absolute Gasteiger partial charge is 0.248 e. The summed E-state index contributed by atoms with van der Waals surface area (Å²) >= 11 is 0. The zero-order chi connectivity index (χ0) is 14.7. The Labute approximate surface area is 127 Å². The van der Waals surface area contributed by atoms with Crippen molar-refractivity contribution in [2.24, 2.45) is 5.92 Å². The fourth-order valence-electron chi connectivity index (χ4n) is 3.70. The average Bonchev–Trinajstić information content (AvgIpc) is 3.15. The van der Waals surface area contributed by atoms with Crippen LogP contribution in [0, 0.1) is 5.92 Å². The lowest BCUT2D eigenvalue weighted by atomic mass is 10.1. The molecule has 1 fully saturated rings. The standard InChI is InChI=1S/C18H25NO2/c1-19(17-11-10-15-8-4-5-9-16(15)17)18(20)13-21-12-14-6-2-3-7-14/h4-5,8-9,14,17H,2-3,6-7,10-13H2,1H3. The highest BCUT2D eigenvalue weighted by atomic mass is 16.5. The number of ether oxygens (including phenoxy) is 1. The van der Waals surface area contributed by atoms with E-state index in [1.807, 2.05) is 11.9 Å². The number of amides is 1. The molecule has 1 aromatic carbocycles. The van der Waals surface area contributed by atoms with Gasteiger partial charge in [0.1, 0.15) is 6.61 Å². The van der Waals surface area contributed by atoms with Crippen LogP contribution in [0.3, 0.4) is 0 Å². The fourth-order valence-corrected chi connectivity index (χ4v) is 3.70. The highest BCUT2D eigenvalue weighted by Crippen LogP contribution is 2.34. The summed E-state index contributed by atoms with van der Waals surface area (Å²) in [5.74, 6) is 0.782. The second-order valence-electron chi connectivity index (χ2n) is 6.42. The lowest BCUT2D eigenvalue weighted by Gasteiger charge is -2.25. The summed E-state index contributed by atoms with van der Waals surface area (Å²) in [5.41, 5.74) is 2.69. The molecule has 0 spiro atoms. The van der Waals surface area contributed by atoms with Crippen LogP contribution >= 0.6 is 0 Å². The van der Waals surface area contributed by atoms with Crippen molar-refractivity contribution in [3.8, 4) is 0 Å². The van der Waals surface area contributed by atoms with E-state index in [1.54, 1.807) is 0 Å². The Morgan fingerprint density at radius 2 is 2.00 bits per heavy atom. The van der Waals surface area contributed by atoms with E-state index in [9.17, 15) is 4.79 Å². The highest BCUT2D eigenvalue weighted by Gasteiger charge is 2.28. The number of likely N-dealkylation sites (N-methyl/N-ethyl adjacent to an activating group) is 1. The molecule has 0 radical (unpaired) electrons. The van der Waals surface area contributed by atoms with Crippen molar-refractivity contribution < 1.29 is 9.53 Å². The minimum Gasteiger partial charge on any atom is -0.371 e. The number of nitrogens with zero attached hydrogens (tertiary/aromatic N) is 1. The largest absolute Gasteiger partial charge is 0.371 e. The topological polar surface area (TPSA) is 29.5 Å². The molecule has 114 valence electrons. The van der Waals surface area contributed by atoms with Gasteiger partial charge in [0.15, 0.2) is 0 Å². The molecule has 1 unspecified atom stereocenters. The Bertz CT molecular complexity index is 494. The monoisotopic (exact) mass is 287 g/mol. The number of rotatable bonds is 5. The Balaban J connectivity index is 1.50. The van der Waals surface area contributed by atoms with E-state index in [0.717, 1.165) is 19.4 Å². The van der Waals surface area contributed by atoms with Crippen molar-refractivity contribution in [3.05, 3.63) is 35.4 Å². The number of fused-ring (bicyclic) bond motifs is 1. The molecule has 0 bridgehead atoms. The molecule has 21 heavy (non-hydrogen) atoms. The van der Waals surface area contributed by atoms with E-state index in [2.05, 4.69) is 24.3 Å². The average molecular weight is 287 g/mol. The van der Waals surface area contributed by atoms with Gasteiger partial charge in [-0.2, -0.15) is 0 Å². The van der Waals surface area contributed by atoms with Crippen LogP contribution in [-0.4, -0.2) is 31.1 Å². The molecule has 0 aromatic heterocycles. The van der Waals surface area contributed by atoms with Gasteiger partial charge in [0, 0.05) is 7.05 Å². The van der Waals surface area contributed by atoms with Crippen LogP contribution in [0.25, 0.3) is 0 Å². The predicted octanol–water partition coefficient (Wildman–Crippen LogP) is 3.34. The molecule has 1 amide bonds. The van der Waals surface area contributed by atoms with Gasteiger partial charge in [0.2, 0.25) is 5.91 Å². The summed E-state index contributed by atoms with van der Waals surface area (Å²) in [4.78, 5) is 14.2. The number of hydrogen-bond donors (Lipinski definition) is 0. The number of carbonyl (C=O) groups excluding carboxylic acids is 1. The molecule has 0 N–H and O–H groups in total. The van der Waals surface area contributed by atoms with Gasteiger partial charge in [-0.3, -0.25) is 4.79 Å². The quantitative estimate of drug-likeness (QED) is 0.831. The van der Waals surface area contributed by atoms with Gasteiger partial charge in [0.25, 0.3) is 0 Å². The number of benzene rings is 1. The molecule has 0 heterocycles. The first-order chi connectivity index (χ1) is 10.3.